The molecule has 2 atom stereocenters. The van der Waals surface area contributed by atoms with E-state index in [1.54, 1.807) is 0 Å². The highest BCUT2D eigenvalue weighted by Crippen LogP contribution is 2.23. The molecule has 0 spiro atoms. The first-order valence-electron chi connectivity index (χ1n) is 6.74. The van der Waals surface area contributed by atoms with Crippen molar-refractivity contribution in [2.45, 2.75) is 12.5 Å². The number of benzene rings is 1. The van der Waals surface area contributed by atoms with Gasteiger partial charge in [-0.3, -0.25) is 0 Å². The van der Waals surface area contributed by atoms with Gasteiger partial charge in [-0.05, 0) is 43.1 Å². The number of rotatable bonds is 3. The number of urea groups is 1. The molecule has 1 aromatic carbocycles. The highest BCUT2D eigenvalue weighted by atomic mass is 79.9. The molecule has 0 aromatic heterocycles. The molecule has 2 amide bonds. The molecule has 19 heavy (non-hydrogen) atoms. The topological polar surface area (TPSA) is 44.4 Å². The summed E-state index contributed by atoms with van der Waals surface area (Å²) >= 11 is 3.43. The second-order valence-corrected chi connectivity index (χ2v) is 6.23. The summed E-state index contributed by atoms with van der Waals surface area (Å²) in [5.41, 5.74) is 1.17. The summed E-state index contributed by atoms with van der Waals surface area (Å²) in [4.78, 5) is 13.9. The van der Waals surface area contributed by atoms with E-state index >= 15 is 0 Å². The summed E-state index contributed by atoms with van der Waals surface area (Å²) in [5, 5.41) is 6.41. The third-order valence-electron chi connectivity index (χ3n) is 3.90. The summed E-state index contributed by atoms with van der Waals surface area (Å²) < 4.78 is 1.06. The number of nitrogens with zero attached hydrogens (tertiary/aromatic N) is 1. The van der Waals surface area contributed by atoms with Gasteiger partial charge in [-0.15, -0.1) is 0 Å². The van der Waals surface area contributed by atoms with Gasteiger partial charge in [0.1, 0.15) is 0 Å². The molecule has 4 nitrogen and oxygen atoms in total. The van der Waals surface area contributed by atoms with Crippen molar-refractivity contribution in [3.05, 3.63) is 34.3 Å². The molecular weight excluding hydrogens is 306 g/mol. The number of carbonyl (C=O) groups is 1. The van der Waals surface area contributed by atoms with Crippen molar-refractivity contribution < 1.29 is 4.79 Å². The second kappa shape index (κ2) is 5.51. The molecule has 0 aliphatic carbocycles. The Bertz CT molecular complexity index is 456. The summed E-state index contributed by atoms with van der Waals surface area (Å²) in [6, 6.07) is 8.36. The molecule has 3 rings (SSSR count). The number of hydrogen-bond donors (Lipinski definition) is 2. The van der Waals surface area contributed by atoms with E-state index < -0.39 is 0 Å². The number of carbonyl (C=O) groups excluding carboxylic acids is 1. The first-order valence-corrected chi connectivity index (χ1v) is 7.53. The number of amides is 2. The average molecular weight is 324 g/mol. The molecule has 2 aliphatic rings. The normalized spacial score (nSPS) is 26.8. The third-order valence-corrected chi connectivity index (χ3v) is 4.43. The lowest BCUT2D eigenvalue weighted by Gasteiger charge is -2.18. The zero-order valence-corrected chi connectivity index (χ0v) is 12.3. The largest absolute Gasteiger partial charge is 0.329 e. The highest BCUT2D eigenvalue weighted by molar-refractivity contribution is 9.10. The molecule has 2 N–H and O–H groups in total. The lowest BCUT2D eigenvalue weighted by Crippen LogP contribution is -2.33. The molecule has 2 fully saturated rings. The molecule has 5 heteroatoms. The fourth-order valence-electron chi connectivity index (χ4n) is 2.81. The smallest absolute Gasteiger partial charge is 0.318 e. The molecular formula is C14H18BrN3O. The Morgan fingerprint density at radius 3 is 2.79 bits per heavy atom. The van der Waals surface area contributed by atoms with E-state index in [0.29, 0.717) is 5.92 Å². The Balaban J connectivity index is 1.63. The second-order valence-electron chi connectivity index (χ2n) is 5.32. The van der Waals surface area contributed by atoms with Crippen LogP contribution in [0, 0.1) is 5.92 Å². The van der Waals surface area contributed by atoms with Gasteiger partial charge >= 0.3 is 6.03 Å². The van der Waals surface area contributed by atoms with Crippen LogP contribution >= 0.6 is 15.9 Å². The third kappa shape index (κ3) is 2.92. The minimum Gasteiger partial charge on any atom is -0.329 e. The van der Waals surface area contributed by atoms with E-state index in [0.717, 1.165) is 30.7 Å². The van der Waals surface area contributed by atoms with Crippen molar-refractivity contribution >= 4 is 22.0 Å². The van der Waals surface area contributed by atoms with Crippen molar-refractivity contribution in [3.8, 4) is 0 Å². The standard InChI is InChI=1S/C14H18BrN3O/c15-12-3-1-11(2-4-12)13-9-18(14(19)17-13)8-10-5-6-16-7-10/h1-4,10,13,16H,5-9H2,(H,17,19). The molecule has 1 aromatic rings. The first kappa shape index (κ1) is 12.9. The Labute approximate surface area is 121 Å². The van der Waals surface area contributed by atoms with Gasteiger partial charge in [0, 0.05) is 17.6 Å². The zero-order chi connectivity index (χ0) is 13.2. The maximum atomic E-state index is 12.0. The van der Waals surface area contributed by atoms with E-state index in [4.69, 9.17) is 0 Å². The average Bonchev–Trinajstić information content (AvgIpc) is 3.02. The van der Waals surface area contributed by atoms with Gasteiger partial charge in [-0.2, -0.15) is 0 Å². The van der Waals surface area contributed by atoms with E-state index in [2.05, 4.69) is 38.7 Å². The molecule has 0 saturated carbocycles. The van der Waals surface area contributed by atoms with Gasteiger partial charge in [0.15, 0.2) is 0 Å². The summed E-state index contributed by atoms with van der Waals surface area (Å²) in [6.45, 7) is 3.76. The maximum absolute atomic E-state index is 12.0. The number of hydrogen-bond acceptors (Lipinski definition) is 2. The van der Waals surface area contributed by atoms with Crippen molar-refractivity contribution in [1.82, 2.24) is 15.5 Å². The number of nitrogens with one attached hydrogen (secondary N) is 2. The van der Waals surface area contributed by atoms with E-state index in [-0.39, 0.29) is 12.1 Å². The molecule has 2 unspecified atom stereocenters. The minimum atomic E-state index is 0.0693. The maximum Gasteiger partial charge on any atom is 0.318 e. The molecule has 2 heterocycles. The van der Waals surface area contributed by atoms with Crippen LogP contribution in [-0.4, -0.2) is 37.1 Å². The summed E-state index contributed by atoms with van der Waals surface area (Å²) in [7, 11) is 0. The fourth-order valence-corrected chi connectivity index (χ4v) is 3.08. The van der Waals surface area contributed by atoms with Crippen molar-refractivity contribution in [1.29, 1.82) is 0 Å². The van der Waals surface area contributed by atoms with E-state index in [1.165, 1.54) is 12.0 Å². The van der Waals surface area contributed by atoms with Crippen LogP contribution in [0.25, 0.3) is 0 Å². The number of halogens is 1. The van der Waals surface area contributed by atoms with Crippen LogP contribution in [0.3, 0.4) is 0 Å². The van der Waals surface area contributed by atoms with Gasteiger partial charge < -0.3 is 15.5 Å². The van der Waals surface area contributed by atoms with Crippen LogP contribution in [0.15, 0.2) is 28.7 Å². The predicted octanol–water partition coefficient (Wildman–Crippen LogP) is 2.12. The lowest BCUT2D eigenvalue weighted by atomic mass is 10.1. The van der Waals surface area contributed by atoms with Crippen LogP contribution in [-0.2, 0) is 0 Å². The summed E-state index contributed by atoms with van der Waals surface area (Å²) in [6.07, 6.45) is 1.17. The Morgan fingerprint density at radius 2 is 2.11 bits per heavy atom. The molecule has 0 bridgehead atoms. The Kier molecular flexibility index (Phi) is 3.75. The zero-order valence-electron chi connectivity index (χ0n) is 10.7. The van der Waals surface area contributed by atoms with Gasteiger partial charge in [-0.25, -0.2) is 4.79 Å². The van der Waals surface area contributed by atoms with E-state index in [9.17, 15) is 4.79 Å². The predicted molar refractivity (Wildman–Crippen MR) is 78.0 cm³/mol. The molecule has 102 valence electrons. The minimum absolute atomic E-state index is 0.0693. The summed E-state index contributed by atoms with van der Waals surface area (Å²) in [5.74, 6) is 0.606. The quantitative estimate of drug-likeness (QED) is 0.895. The SMILES string of the molecule is O=C1NC(c2ccc(Br)cc2)CN1CC1CCNC1. The van der Waals surface area contributed by atoms with Gasteiger partial charge in [0.2, 0.25) is 0 Å². The van der Waals surface area contributed by atoms with E-state index in [1.807, 2.05) is 17.0 Å². The fraction of sp³-hybridized carbons (Fsp3) is 0.500. The Morgan fingerprint density at radius 1 is 1.32 bits per heavy atom. The lowest BCUT2D eigenvalue weighted by molar-refractivity contribution is 0.210. The van der Waals surface area contributed by atoms with Crippen LogP contribution in [0.4, 0.5) is 4.79 Å². The van der Waals surface area contributed by atoms with Gasteiger partial charge in [-0.1, -0.05) is 28.1 Å². The van der Waals surface area contributed by atoms with Crippen molar-refractivity contribution in [3.63, 3.8) is 0 Å². The first-order chi connectivity index (χ1) is 9.22. The van der Waals surface area contributed by atoms with Crippen LogP contribution in [0.5, 0.6) is 0 Å². The molecule has 2 aliphatic heterocycles. The molecule has 2 saturated heterocycles. The highest BCUT2D eigenvalue weighted by Gasteiger charge is 2.31. The van der Waals surface area contributed by atoms with Crippen molar-refractivity contribution in [2.24, 2.45) is 5.92 Å². The van der Waals surface area contributed by atoms with Crippen LogP contribution < -0.4 is 10.6 Å². The monoisotopic (exact) mass is 323 g/mol. The molecule has 0 radical (unpaired) electrons. The van der Waals surface area contributed by atoms with Gasteiger partial charge in [0.05, 0.1) is 6.04 Å². The Hall–Kier alpha value is -1.07. The van der Waals surface area contributed by atoms with Crippen molar-refractivity contribution in [2.75, 3.05) is 26.2 Å². The van der Waals surface area contributed by atoms with Crippen LogP contribution in [0.2, 0.25) is 0 Å². The van der Waals surface area contributed by atoms with Crippen LogP contribution in [0.1, 0.15) is 18.0 Å². The van der Waals surface area contributed by atoms with Gasteiger partial charge in [0.25, 0.3) is 0 Å².